The molecule has 0 saturated carbocycles. The summed E-state index contributed by atoms with van der Waals surface area (Å²) in [6.45, 7) is 3.96. The van der Waals surface area contributed by atoms with Gasteiger partial charge in [0.25, 0.3) is 0 Å². The van der Waals surface area contributed by atoms with E-state index in [0.29, 0.717) is 24.2 Å². The van der Waals surface area contributed by atoms with Crippen LogP contribution in [0.15, 0.2) is 29.2 Å². The Morgan fingerprint density at radius 3 is 2.40 bits per heavy atom. The van der Waals surface area contributed by atoms with Crippen molar-refractivity contribution >= 4 is 15.5 Å². The van der Waals surface area contributed by atoms with Crippen molar-refractivity contribution in [1.29, 1.82) is 0 Å². The Hall–Kier alpha value is -1.82. The highest BCUT2D eigenvalue weighted by molar-refractivity contribution is 7.90. The highest BCUT2D eigenvalue weighted by Crippen LogP contribution is 2.26. The van der Waals surface area contributed by atoms with Crippen LogP contribution in [0.5, 0.6) is 0 Å². The number of nitrogens with zero attached hydrogens (tertiary/aromatic N) is 2. The first-order valence-electron chi connectivity index (χ1n) is 6.55. The van der Waals surface area contributed by atoms with E-state index in [2.05, 4.69) is 5.10 Å². The molecule has 0 unspecified atom stereocenters. The second-order valence-corrected chi connectivity index (χ2v) is 6.65. The van der Waals surface area contributed by atoms with Crippen LogP contribution in [-0.4, -0.2) is 24.5 Å². The molecule has 1 heterocycles. The summed E-state index contributed by atoms with van der Waals surface area (Å²) >= 11 is 0. The summed E-state index contributed by atoms with van der Waals surface area (Å²) in [5.74, 6) is 0. The van der Waals surface area contributed by atoms with E-state index >= 15 is 0 Å². The van der Waals surface area contributed by atoms with Crippen molar-refractivity contribution in [3.05, 3.63) is 35.7 Å². The van der Waals surface area contributed by atoms with Gasteiger partial charge in [-0.1, -0.05) is 26.0 Å². The number of rotatable bonds is 4. The Morgan fingerprint density at radius 1 is 1.20 bits per heavy atom. The van der Waals surface area contributed by atoms with E-state index in [4.69, 9.17) is 5.73 Å². The van der Waals surface area contributed by atoms with Gasteiger partial charge in [-0.15, -0.1) is 0 Å². The molecule has 2 N–H and O–H groups in total. The standard InChI is InChI=1S/C14H19N3O2S/c1-4-10-14(15)11(5-2)17(16-10)12-8-6-7-9-13(12)20(3,18)19/h6-9H,4-5,15H2,1-3H3. The maximum Gasteiger partial charge on any atom is 0.177 e. The molecule has 0 amide bonds. The van der Waals surface area contributed by atoms with Crippen LogP contribution in [0, 0.1) is 0 Å². The molecule has 0 aliphatic heterocycles. The fraction of sp³-hybridized carbons (Fsp3) is 0.357. The molecule has 0 bridgehead atoms. The lowest BCUT2D eigenvalue weighted by molar-refractivity contribution is 0.600. The van der Waals surface area contributed by atoms with Gasteiger partial charge in [0.1, 0.15) is 0 Å². The van der Waals surface area contributed by atoms with Gasteiger partial charge in [-0.25, -0.2) is 13.1 Å². The van der Waals surface area contributed by atoms with Crippen molar-refractivity contribution < 1.29 is 8.42 Å². The average Bonchev–Trinajstić information content (AvgIpc) is 2.74. The third kappa shape index (κ3) is 2.43. The summed E-state index contributed by atoms with van der Waals surface area (Å²) in [5.41, 5.74) is 8.94. The molecule has 0 aliphatic rings. The monoisotopic (exact) mass is 293 g/mol. The normalized spacial score (nSPS) is 11.8. The van der Waals surface area contributed by atoms with E-state index in [1.54, 1.807) is 28.9 Å². The fourth-order valence-electron chi connectivity index (χ4n) is 2.26. The maximum absolute atomic E-state index is 11.9. The van der Waals surface area contributed by atoms with Gasteiger partial charge in [-0.3, -0.25) is 0 Å². The van der Waals surface area contributed by atoms with Crippen LogP contribution >= 0.6 is 0 Å². The van der Waals surface area contributed by atoms with Gasteiger partial charge >= 0.3 is 0 Å². The number of aromatic nitrogens is 2. The number of benzene rings is 1. The minimum absolute atomic E-state index is 0.264. The van der Waals surface area contributed by atoms with Crippen LogP contribution in [0.2, 0.25) is 0 Å². The number of hydrogen-bond acceptors (Lipinski definition) is 4. The summed E-state index contributed by atoms with van der Waals surface area (Å²) in [6.07, 6.45) is 2.61. The predicted molar refractivity (Wildman–Crippen MR) is 79.8 cm³/mol. The first-order valence-corrected chi connectivity index (χ1v) is 8.45. The van der Waals surface area contributed by atoms with Gasteiger partial charge < -0.3 is 5.73 Å². The van der Waals surface area contributed by atoms with Crippen LogP contribution in [0.1, 0.15) is 25.2 Å². The smallest absolute Gasteiger partial charge is 0.177 e. The molecule has 0 radical (unpaired) electrons. The molecule has 2 rings (SSSR count). The van der Waals surface area contributed by atoms with Crippen LogP contribution in [0.25, 0.3) is 5.69 Å². The number of para-hydroxylation sites is 1. The van der Waals surface area contributed by atoms with Crippen molar-refractivity contribution in [3.63, 3.8) is 0 Å². The van der Waals surface area contributed by atoms with E-state index in [0.717, 1.165) is 11.4 Å². The van der Waals surface area contributed by atoms with Gasteiger partial charge in [-0.2, -0.15) is 5.10 Å². The summed E-state index contributed by atoms with van der Waals surface area (Å²) in [5, 5.41) is 4.47. The zero-order valence-electron chi connectivity index (χ0n) is 11.9. The Balaban J connectivity index is 2.76. The SMILES string of the molecule is CCc1nn(-c2ccccc2S(C)(=O)=O)c(CC)c1N. The van der Waals surface area contributed by atoms with Crippen molar-refractivity contribution in [2.45, 2.75) is 31.6 Å². The lowest BCUT2D eigenvalue weighted by Crippen LogP contribution is -2.09. The van der Waals surface area contributed by atoms with Gasteiger partial charge in [0, 0.05) is 6.26 Å². The number of nitrogens with two attached hydrogens (primary N) is 1. The minimum Gasteiger partial charge on any atom is -0.396 e. The fourth-order valence-corrected chi connectivity index (χ4v) is 3.12. The van der Waals surface area contributed by atoms with Gasteiger partial charge in [0.05, 0.1) is 27.7 Å². The number of anilines is 1. The third-order valence-corrected chi connectivity index (χ3v) is 4.41. The number of sulfone groups is 1. The van der Waals surface area contributed by atoms with Gasteiger partial charge in [0.15, 0.2) is 9.84 Å². The van der Waals surface area contributed by atoms with Gasteiger partial charge in [0.2, 0.25) is 0 Å². The second kappa shape index (κ2) is 5.28. The molecule has 5 nitrogen and oxygen atoms in total. The molecular formula is C14H19N3O2S. The van der Waals surface area contributed by atoms with E-state index in [-0.39, 0.29) is 4.90 Å². The number of hydrogen-bond donors (Lipinski definition) is 1. The van der Waals surface area contributed by atoms with Gasteiger partial charge in [-0.05, 0) is 25.0 Å². The summed E-state index contributed by atoms with van der Waals surface area (Å²) in [4.78, 5) is 0.264. The summed E-state index contributed by atoms with van der Waals surface area (Å²) in [6, 6.07) is 6.85. The molecule has 6 heteroatoms. The van der Waals surface area contributed by atoms with E-state index in [1.807, 2.05) is 13.8 Å². The zero-order valence-corrected chi connectivity index (χ0v) is 12.7. The van der Waals surface area contributed by atoms with Crippen LogP contribution in [0.3, 0.4) is 0 Å². The summed E-state index contributed by atoms with van der Waals surface area (Å²) in [7, 11) is -3.32. The molecule has 1 aromatic heterocycles. The molecule has 0 aliphatic carbocycles. The number of nitrogen functional groups attached to an aromatic ring is 1. The molecule has 0 saturated heterocycles. The first-order chi connectivity index (χ1) is 9.40. The molecule has 0 fully saturated rings. The largest absolute Gasteiger partial charge is 0.396 e. The van der Waals surface area contributed by atoms with E-state index < -0.39 is 9.84 Å². The van der Waals surface area contributed by atoms with Crippen molar-refractivity contribution in [2.24, 2.45) is 0 Å². The molecule has 2 aromatic rings. The predicted octanol–water partition coefficient (Wildman–Crippen LogP) is 1.98. The second-order valence-electron chi connectivity index (χ2n) is 4.67. The van der Waals surface area contributed by atoms with Crippen molar-refractivity contribution in [2.75, 3.05) is 12.0 Å². The van der Waals surface area contributed by atoms with Crippen molar-refractivity contribution in [3.8, 4) is 5.69 Å². The quantitative estimate of drug-likeness (QED) is 0.935. The lowest BCUT2D eigenvalue weighted by Gasteiger charge is -2.10. The first kappa shape index (κ1) is 14.6. The Bertz CT molecular complexity index is 733. The Kier molecular flexibility index (Phi) is 3.85. The molecule has 0 spiro atoms. The van der Waals surface area contributed by atoms with E-state index in [9.17, 15) is 8.42 Å². The topological polar surface area (TPSA) is 78.0 Å². The molecule has 108 valence electrons. The Morgan fingerprint density at radius 2 is 1.85 bits per heavy atom. The third-order valence-electron chi connectivity index (χ3n) is 3.26. The van der Waals surface area contributed by atoms with E-state index in [1.165, 1.54) is 6.26 Å². The lowest BCUT2D eigenvalue weighted by atomic mass is 10.2. The highest BCUT2D eigenvalue weighted by atomic mass is 32.2. The Labute approximate surface area is 119 Å². The zero-order chi connectivity index (χ0) is 14.9. The maximum atomic E-state index is 11.9. The molecular weight excluding hydrogens is 274 g/mol. The van der Waals surface area contributed by atoms with Crippen molar-refractivity contribution in [1.82, 2.24) is 9.78 Å². The van der Waals surface area contributed by atoms with Crippen LogP contribution in [-0.2, 0) is 22.7 Å². The average molecular weight is 293 g/mol. The summed E-state index contributed by atoms with van der Waals surface area (Å²) < 4.78 is 25.5. The highest BCUT2D eigenvalue weighted by Gasteiger charge is 2.19. The number of aryl methyl sites for hydroxylation is 1. The van der Waals surface area contributed by atoms with Crippen LogP contribution in [0.4, 0.5) is 5.69 Å². The molecule has 0 atom stereocenters. The minimum atomic E-state index is -3.32. The van der Waals surface area contributed by atoms with Crippen LogP contribution < -0.4 is 5.73 Å². The molecule has 1 aromatic carbocycles. The molecule has 20 heavy (non-hydrogen) atoms.